The molecular formula is C21H47NO3Si2. The molecule has 0 radical (unpaired) electrons. The Morgan fingerprint density at radius 2 is 1.59 bits per heavy atom. The maximum Gasteiger partial charge on any atom is 0.500 e. The van der Waals surface area contributed by atoms with Gasteiger partial charge in [-0.15, -0.1) is 0 Å². The molecule has 0 spiro atoms. The van der Waals surface area contributed by atoms with Gasteiger partial charge >= 0.3 is 8.80 Å². The fraction of sp³-hybridized carbons (Fsp3) is 1.00. The van der Waals surface area contributed by atoms with E-state index in [2.05, 4.69) is 59.5 Å². The number of hydrogen-bond acceptors (Lipinski definition) is 4. The van der Waals surface area contributed by atoms with E-state index in [1.54, 1.807) is 0 Å². The van der Waals surface area contributed by atoms with Gasteiger partial charge in [0.25, 0.3) is 0 Å². The molecule has 1 fully saturated rings. The number of rotatable bonds is 12. The van der Waals surface area contributed by atoms with Crippen LogP contribution in [-0.4, -0.2) is 59.6 Å². The van der Waals surface area contributed by atoms with Gasteiger partial charge in [0.1, 0.15) is 0 Å². The summed E-state index contributed by atoms with van der Waals surface area (Å²) in [5.41, 5.74) is 0.509. The van der Waals surface area contributed by atoms with Crippen molar-refractivity contribution in [2.75, 3.05) is 19.8 Å². The second-order valence-corrected chi connectivity index (χ2v) is 15.5. The Kier molecular flexibility index (Phi) is 11.3. The molecule has 0 aromatic heterocycles. The molecule has 27 heavy (non-hydrogen) atoms. The van der Waals surface area contributed by atoms with Crippen LogP contribution in [0.4, 0.5) is 0 Å². The fourth-order valence-electron chi connectivity index (χ4n) is 4.10. The minimum absolute atomic E-state index is 0.211. The van der Waals surface area contributed by atoms with Crippen LogP contribution in [0.2, 0.25) is 19.1 Å². The van der Waals surface area contributed by atoms with E-state index in [9.17, 15) is 0 Å². The molecule has 4 nitrogen and oxygen atoms in total. The van der Waals surface area contributed by atoms with Gasteiger partial charge < -0.3 is 13.3 Å². The van der Waals surface area contributed by atoms with Crippen molar-refractivity contribution in [1.82, 2.24) is 4.90 Å². The summed E-state index contributed by atoms with van der Waals surface area (Å²) >= 11 is 0. The average molecular weight is 418 g/mol. The third kappa shape index (κ3) is 8.66. The summed E-state index contributed by atoms with van der Waals surface area (Å²) < 4.78 is 18.9. The summed E-state index contributed by atoms with van der Waals surface area (Å²) in [6.45, 7) is 20.5. The quantitative estimate of drug-likeness (QED) is 0.406. The van der Waals surface area contributed by atoms with Crippen molar-refractivity contribution >= 4 is 17.6 Å². The van der Waals surface area contributed by atoms with E-state index >= 15 is 0 Å². The van der Waals surface area contributed by atoms with Gasteiger partial charge in [-0.25, -0.2) is 0 Å². The number of nitrogens with zero attached hydrogens (tertiary/aromatic N) is 1. The second-order valence-electron chi connectivity index (χ2n) is 9.38. The van der Waals surface area contributed by atoms with Gasteiger partial charge in [0.15, 0.2) is 0 Å². The fourth-order valence-corrected chi connectivity index (χ4v) is 8.47. The normalized spacial score (nSPS) is 18.4. The van der Waals surface area contributed by atoms with Crippen molar-refractivity contribution in [2.45, 2.75) is 117 Å². The zero-order valence-electron chi connectivity index (χ0n) is 19.5. The minimum Gasteiger partial charge on any atom is -0.374 e. The van der Waals surface area contributed by atoms with Crippen LogP contribution in [0.25, 0.3) is 0 Å². The first-order valence-corrected chi connectivity index (χ1v) is 16.3. The van der Waals surface area contributed by atoms with Crippen LogP contribution in [-0.2, 0) is 13.3 Å². The second kappa shape index (κ2) is 12.1. The molecule has 1 aliphatic rings. The monoisotopic (exact) mass is 417 g/mol. The average Bonchev–Trinajstić information content (AvgIpc) is 2.58. The third-order valence-electron chi connectivity index (χ3n) is 5.79. The highest BCUT2D eigenvalue weighted by Gasteiger charge is 2.43. The Morgan fingerprint density at radius 1 is 1.04 bits per heavy atom. The van der Waals surface area contributed by atoms with Gasteiger partial charge in [-0.2, -0.15) is 0 Å². The van der Waals surface area contributed by atoms with Gasteiger partial charge in [-0.3, -0.25) is 4.90 Å². The van der Waals surface area contributed by atoms with Crippen LogP contribution in [0, 0.1) is 0 Å². The molecule has 0 saturated heterocycles. The Balaban J connectivity index is 2.78. The Hall–Kier alpha value is 0.274. The number of hydrogen-bond donors (Lipinski definition) is 0. The van der Waals surface area contributed by atoms with E-state index in [0.717, 1.165) is 25.1 Å². The summed E-state index contributed by atoms with van der Waals surface area (Å²) in [4.78, 5) is 2.74. The van der Waals surface area contributed by atoms with Crippen molar-refractivity contribution < 1.29 is 13.3 Å². The molecule has 0 aromatic carbocycles. The Morgan fingerprint density at radius 3 is 2.04 bits per heavy atom. The molecule has 0 N–H and O–H groups in total. The van der Waals surface area contributed by atoms with Crippen LogP contribution < -0.4 is 0 Å². The highest BCUT2D eigenvalue weighted by atomic mass is 28.4. The van der Waals surface area contributed by atoms with Crippen LogP contribution in [0.5, 0.6) is 0 Å². The highest BCUT2D eigenvalue weighted by Crippen LogP contribution is 2.29. The SMILES string of the molecule is CCO[Si](CCCN(C1CCCCC1)C(C)(C)C)(OCC)OC(C)[SiH](C)C. The molecule has 0 heterocycles. The van der Waals surface area contributed by atoms with Gasteiger partial charge in [0, 0.05) is 36.6 Å². The van der Waals surface area contributed by atoms with Gasteiger partial charge in [0.2, 0.25) is 0 Å². The van der Waals surface area contributed by atoms with Crippen molar-refractivity contribution in [2.24, 2.45) is 0 Å². The molecule has 6 heteroatoms. The Labute approximate surface area is 172 Å². The lowest BCUT2D eigenvalue weighted by atomic mass is 9.90. The third-order valence-corrected chi connectivity index (χ3v) is 11.2. The van der Waals surface area contributed by atoms with E-state index in [1.807, 2.05) is 0 Å². The van der Waals surface area contributed by atoms with Crippen molar-refractivity contribution in [1.29, 1.82) is 0 Å². The van der Waals surface area contributed by atoms with E-state index < -0.39 is 17.6 Å². The predicted molar refractivity (Wildman–Crippen MR) is 121 cm³/mol. The molecule has 1 aliphatic carbocycles. The lowest BCUT2D eigenvalue weighted by molar-refractivity contribution is 0.0456. The lowest BCUT2D eigenvalue weighted by Crippen LogP contribution is -2.52. The van der Waals surface area contributed by atoms with Crippen LogP contribution >= 0.6 is 0 Å². The zero-order chi connectivity index (χ0) is 20.5. The standard InChI is InChI=1S/C21H47NO3Si2/c1-9-23-27(24-10-2,25-19(3)26(7)8)18-14-17-22(21(4,5)6)20-15-12-11-13-16-20/h19-20,26H,9-18H2,1-8H3. The molecule has 0 aromatic rings. The Bertz CT molecular complexity index is 389. The first kappa shape index (κ1) is 25.3. The predicted octanol–water partition coefficient (Wildman–Crippen LogP) is 5.25. The van der Waals surface area contributed by atoms with E-state index in [1.165, 1.54) is 32.1 Å². The summed E-state index contributed by atoms with van der Waals surface area (Å²) in [7, 11) is -3.47. The molecule has 0 bridgehead atoms. The largest absolute Gasteiger partial charge is 0.500 e. The lowest BCUT2D eigenvalue weighted by Gasteiger charge is -2.44. The minimum atomic E-state index is -2.59. The molecule has 1 atom stereocenters. The summed E-state index contributed by atoms with van der Waals surface area (Å²) in [6, 6.07) is 1.66. The van der Waals surface area contributed by atoms with E-state index in [0.29, 0.717) is 18.9 Å². The van der Waals surface area contributed by atoms with Gasteiger partial charge in [0.05, 0.1) is 8.80 Å². The maximum absolute atomic E-state index is 6.53. The topological polar surface area (TPSA) is 30.9 Å². The maximum atomic E-state index is 6.53. The van der Waals surface area contributed by atoms with Crippen molar-refractivity contribution in [3.8, 4) is 0 Å². The van der Waals surface area contributed by atoms with E-state index in [-0.39, 0.29) is 5.54 Å². The van der Waals surface area contributed by atoms with Crippen LogP contribution in [0.15, 0.2) is 0 Å². The molecule has 1 saturated carbocycles. The van der Waals surface area contributed by atoms with E-state index in [4.69, 9.17) is 13.3 Å². The summed E-state index contributed by atoms with van der Waals surface area (Å²) in [6.07, 6.45) is 7.96. The highest BCUT2D eigenvalue weighted by molar-refractivity contribution is 6.63. The molecular weight excluding hydrogens is 370 g/mol. The van der Waals surface area contributed by atoms with Gasteiger partial charge in [-0.1, -0.05) is 32.4 Å². The molecule has 162 valence electrons. The molecule has 1 rings (SSSR count). The smallest absolute Gasteiger partial charge is 0.374 e. The molecule has 0 aliphatic heterocycles. The molecule has 0 amide bonds. The van der Waals surface area contributed by atoms with Crippen LogP contribution in [0.1, 0.15) is 80.1 Å². The first-order chi connectivity index (χ1) is 12.6. The molecule has 1 unspecified atom stereocenters. The van der Waals surface area contributed by atoms with Crippen molar-refractivity contribution in [3.63, 3.8) is 0 Å². The summed E-state index contributed by atoms with van der Waals surface area (Å²) in [5, 5.41) is 0. The first-order valence-electron chi connectivity index (χ1n) is 11.4. The van der Waals surface area contributed by atoms with Crippen molar-refractivity contribution in [3.05, 3.63) is 0 Å². The van der Waals surface area contributed by atoms with Gasteiger partial charge in [-0.05, 0) is 67.3 Å². The van der Waals surface area contributed by atoms with Crippen LogP contribution in [0.3, 0.4) is 0 Å². The zero-order valence-corrected chi connectivity index (χ0v) is 21.6. The summed E-state index contributed by atoms with van der Waals surface area (Å²) in [5.74, 6) is 0.